The SMILES string of the molecule is CCc1cc(N)c(O)c2c1C[C@H]1C[C@H]3[C@@H](N(C)C)C(O)=C(C(N)=O)C(=O)[C@@]3(O)C(O)=C1C2=O. The minimum Gasteiger partial charge on any atom is -0.510 e. The molecule has 10 heteroatoms. The van der Waals surface area contributed by atoms with Gasteiger partial charge in [0.1, 0.15) is 22.8 Å². The number of primary amides is 1. The number of nitrogens with zero attached hydrogens (tertiary/aromatic N) is 1. The average Bonchev–Trinajstić information content (AvgIpc) is 2.72. The summed E-state index contributed by atoms with van der Waals surface area (Å²) >= 11 is 0. The number of aromatic hydroxyl groups is 1. The van der Waals surface area contributed by atoms with Crippen molar-refractivity contribution in [2.24, 2.45) is 17.6 Å². The second kappa shape index (κ2) is 7.32. The van der Waals surface area contributed by atoms with E-state index in [0.717, 1.165) is 5.56 Å². The molecule has 0 aliphatic heterocycles. The quantitative estimate of drug-likeness (QED) is 0.210. The van der Waals surface area contributed by atoms with Gasteiger partial charge in [0.05, 0.1) is 17.3 Å². The second-order valence-corrected chi connectivity index (χ2v) is 9.14. The van der Waals surface area contributed by atoms with Gasteiger partial charge in [-0.1, -0.05) is 6.92 Å². The highest BCUT2D eigenvalue weighted by atomic mass is 16.3. The monoisotopic (exact) mass is 457 g/mol. The van der Waals surface area contributed by atoms with Crippen molar-refractivity contribution in [3.05, 3.63) is 45.4 Å². The minimum atomic E-state index is -2.64. The van der Waals surface area contributed by atoms with Crippen molar-refractivity contribution in [2.45, 2.75) is 37.8 Å². The number of phenolic OH excluding ortho intramolecular Hbond substituents is 1. The van der Waals surface area contributed by atoms with Crippen molar-refractivity contribution in [3.63, 3.8) is 0 Å². The van der Waals surface area contributed by atoms with Crippen molar-refractivity contribution in [3.8, 4) is 5.75 Å². The Bertz CT molecular complexity index is 1180. The molecule has 176 valence electrons. The maximum Gasteiger partial charge on any atom is 0.255 e. The Balaban J connectivity index is 1.99. The molecule has 4 rings (SSSR count). The van der Waals surface area contributed by atoms with Gasteiger partial charge in [-0.05, 0) is 56.5 Å². The highest BCUT2D eigenvalue weighted by Gasteiger charge is 2.63. The molecule has 0 heterocycles. The summed E-state index contributed by atoms with van der Waals surface area (Å²) in [5.41, 5.74) is 8.84. The number of hydrogen-bond acceptors (Lipinski definition) is 9. The lowest BCUT2D eigenvalue weighted by molar-refractivity contribution is -0.148. The van der Waals surface area contributed by atoms with Gasteiger partial charge in [-0.25, -0.2) is 0 Å². The smallest absolute Gasteiger partial charge is 0.255 e. The normalized spacial score (nSPS) is 29.2. The predicted octanol–water partition coefficient (Wildman–Crippen LogP) is 0.265. The summed E-state index contributed by atoms with van der Waals surface area (Å²) in [6.07, 6.45) is 0.862. The number of nitrogen functional groups attached to an aromatic ring is 1. The zero-order valence-electron chi connectivity index (χ0n) is 18.5. The van der Waals surface area contributed by atoms with E-state index in [9.17, 15) is 34.8 Å². The number of carbonyl (C=O) groups excluding carboxylic acids is 3. The van der Waals surface area contributed by atoms with E-state index < -0.39 is 63.8 Å². The van der Waals surface area contributed by atoms with E-state index in [-0.39, 0.29) is 29.7 Å². The molecule has 8 N–H and O–H groups in total. The number of fused-ring (bicyclic) bond motifs is 3. The summed E-state index contributed by atoms with van der Waals surface area (Å²) in [6.45, 7) is 1.88. The van der Waals surface area contributed by atoms with Gasteiger partial charge in [-0.3, -0.25) is 19.3 Å². The number of aryl methyl sites for hydroxylation is 1. The van der Waals surface area contributed by atoms with Crippen molar-refractivity contribution >= 4 is 23.2 Å². The fraction of sp³-hybridized carbons (Fsp3) is 0.435. The van der Waals surface area contributed by atoms with Crippen molar-refractivity contribution < 1.29 is 34.8 Å². The van der Waals surface area contributed by atoms with Crippen LogP contribution in [0.3, 0.4) is 0 Å². The first-order valence-electron chi connectivity index (χ1n) is 10.7. The zero-order chi connectivity index (χ0) is 24.6. The number of benzene rings is 1. The maximum absolute atomic E-state index is 13.5. The van der Waals surface area contributed by atoms with Gasteiger partial charge in [0, 0.05) is 11.5 Å². The average molecular weight is 457 g/mol. The van der Waals surface area contributed by atoms with Gasteiger partial charge < -0.3 is 31.9 Å². The number of aliphatic hydroxyl groups excluding tert-OH is 2. The molecule has 0 radical (unpaired) electrons. The fourth-order valence-electron chi connectivity index (χ4n) is 5.73. The summed E-state index contributed by atoms with van der Waals surface area (Å²) in [7, 11) is 3.17. The van der Waals surface area contributed by atoms with Crippen LogP contribution in [-0.2, 0) is 22.4 Å². The molecule has 1 aromatic carbocycles. The van der Waals surface area contributed by atoms with Crippen LogP contribution in [0.4, 0.5) is 5.69 Å². The van der Waals surface area contributed by atoms with Crippen molar-refractivity contribution in [1.29, 1.82) is 0 Å². The number of ketones is 2. The molecule has 33 heavy (non-hydrogen) atoms. The minimum absolute atomic E-state index is 0.00942. The number of rotatable bonds is 3. The number of phenols is 1. The van der Waals surface area contributed by atoms with Gasteiger partial charge in [-0.15, -0.1) is 0 Å². The summed E-state index contributed by atoms with van der Waals surface area (Å²) in [6, 6.07) is 0.594. The number of allylic oxidation sites excluding steroid dienone is 1. The van der Waals surface area contributed by atoms with Crippen molar-refractivity contribution in [1.82, 2.24) is 4.90 Å². The Morgan fingerprint density at radius 2 is 1.88 bits per heavy atom. The largest absolute Gasteiger partial charge is 0.510 e. The summed E-state index contributed by atoms with van der Waals surface area (Å²) < 4.78 is 0. The van der Waals surface area contributed by atoms with Gasteiger partial charge in [0.15, 0.2) is 11.4 Å². The number of hydrogen-bond donors (Lipinski definition) is 6. The predicted molar refractivity (Wildman–Crippen MR) is 117 cm³/mol. The molecule has 3 aliphatic carbocycles. The first-order valence-corrected chi connectivity index (χ1v) is 10.7. The van der Waals surface area contributed by atoms with E-state index in [0.29, 0.717) is 12.0 Å². The Kier molecular flexibility index (Phi) is 5.06. The van der Waals surface area contributed by atoms with E-state index in [2.05, 4.69) is 0 Å². The molecule has 0 aromatic heterocycles. The Morgan fingerprint density at radius 1 is 1.24 bits per heavy atom. The van der Waals surface area contributed by atoms with Crippen LogP contribution in [0.5, 0.6) is 5.75 Å². The Morgan fingerprint density at radius 3 is 2.42 bits per heavy atom. The van der Waals surface area contributed by atoms with Crippen LogP contribution >= 0.6 is 0 Å². The molecular weight excluding hydrogens is 430 g/mol. The fourth-order valence-corrected chi connectivity index (χ4v) is 5.73. The molecule has 1 amide bonds. The molecule has 3 aliphatic rings. The van der Waals surface area contributed by atoms with Gasteiger partial charge in [0.25, 0.3) is 5.91 Å². The summed E-state index contributed by atoms with van der Waals surface area (Å²) in [5, 5.41) is 44.0. The van der Waals surface area contributed by atoms with Crippen LogP contribution in [0.15, 0.2) is 28.7 Å². The Labute approximate surface area is 189 Å². The molecule has 0 fully saturated rings. The topological polar surface area (TPSA) is 187 Å². The molecule has 0 spiro atoms. The maximum atomic E-state index is 13.5. The number of carbonyl (C=O) groups is 3. The number of aliphatic hydroxyl groups is 3. The summed E-state index contributed by atoms with van der Waals surface area (Å²) in [4.78, 5) is 40.2. The van der Waals surface area contributed by atoms with Crippen LogP contribution in [0.2, 0.25) is 0 Å². The van der Waals surface area contributed by atoms with E-state index in [1.807, 2.05) is 6.92 Å². The van der Waals surface area contributed by atoms with Gasteiger partial charge in [0.2, 0.25) is 5.78 Å². The van der Waals surface area contributed by atoms with Gasteiger partial charge in [-0.2, -0.15) is 0 Å². The first kappa shape index (κ1) is 22.8. The molecule has 1 aromatic rings. The van der Waals surface area contributed by atoms with E-state index in [1.54, 1.807) is 20.2 Å². The van der Waals surface area contributed by atoms with Crippen LogP contribution < -0.4 is 11.5 Å². The molecule has 4 atom stereocenters. The van der Waals surface area contributed by atoms with Crippen molar-refractivity contribution in [2.75, 3.05) is 19.8 Å². The number of anilines is 1. The number of nitrogens with two attached hydrogens (primary N) is 2. The number of amides is 1. The highest BCUT2D eigenvalue weighted by Crippen LogP contribution is 2.52. The van der Waals surface area contributed by atoms with Crippen LogP contribution in [0, 0.1) is 11.8 Å². The third-order valence-corrected chi connectivity index (χ3v) is 7.23. The molecule has 0 saturated carbocycles. The van der Waals surface area contributed by atoms with E-state index in [1.165, 1.54) is 4.90 Å². The third-order valence-electron chi connectivity index (χ3n) is 7.23. The Hall–Kier alpha value is -3.37. The van der Waals surface area contributed by atoms with E-state index >= 15 is 0 Å². The molecule has 0 unspecified atom stereocenters. The lowest BCUT2D eigenvalue weighted by Crippen LogP contribution is -2.63. The standard InChI is InChI=1S/C23H27N3O7/c1-4-8-7-12(24)17(27)14-10(8)5-9-6-11-16(26(2)3)19(29)15(22(25)32)21(31)23(11,33)20(30)13(9)18(14)28/h7,9,11,16,27,29-30,33H,4-6,24H2,1-3H3,(H2,25,32)/t9-,11-,16+,23-/m0/s1. The van der Waals surface area contributed by atoms with Gasteiger partial charge >= 0.3 is 0 Å². The first-order chi connectivity index (χ1) is 15.4. The lowest BCUT2D eigenvalue weighted by Gasteiger charge is -2.50. The number of Topliss-reactive ketones (excluding diaryl/α,β-unsaturated/α-hetero) is 2. The summed E-state index contributed by atoms with van der Waals surface area (Å²) in [5.74, 6) is -6.79. The second-order valence-electron chi connectivity index (χ2n) is 9.14. The van der Waals surface area contributed by atoms with E-state index in [4.69, 9.17) is 11.5 Å². The molecule has 10 nitrogen and oxygen atoms in total. The van der Waals surface area contributed by atoms with Crippen LogP contribution in [0.1, 0.15) is 34.8 Å². The molecular formula is C23H27N3O7. The third kappa shape index (κ3) is 2.83. The molecule has 0 bridgehead atoms. The lowest BCUT2D eigenvalue weighted by atomic mass is 9.58. The van der Waals surface area contributed by atoms with Crippen LogP contribution in [0.25, 0.3) is 0 Å². The van der Waals surface area contributed by atoms with Crippen LogP contribution in [-0.4, -0.2) is 68.5 Å². The number of likely N-dealkylation sites (N-methyl/N-ethyl adjacent to an activating group) is 1. The zero-order valence-corrected chi connectivity index (χ0v) is 18.5. The highest BCUT2D eigenvalue weighted by molar-refractivity contribution is 6.24. The molecule has 0 saturated heterocycles.